The van der Waals surface area contributed by atoms with E-state index in [0.29, 0.717) is 12.2 Å². The molecule has 1 aliphatic rings. The zero-order valence-electron chi connectivity index (χ0n) is 33.6. The van der Waals surface area contributed by atoms with Crippen molar-refractivity contribution in [2.75, 3.05) is 19.7 Å². The first-order valence-corrected chi connectivity index (χ1v) is 27.1. The molecular weight excluding hydrogens is 635 g/mol. The van der Waals surface area contributed by atoms with Gasteiger partial charge in [-0.05, 0) is 84.9 Å². The fourth-order valence-corrected chi connectivity index (χ4v) is 8.61. The fraction of sp³-hybridized carbons (Fsp3) is 0.816. The average molecular weight is 708 g/mol. The lowest BCUT2D eigenvalue weighted by Crippen LogP contribution is -2.54. The van der Waals surface area contributed by atoms with Gasteiger partial charge in [0, 0.05) is 18.7 Å². The maximum absolute atomic E-state index is 13.9. The zero-order valence-corrected chi connectivity index (χ0v) is 36.6. The van der Waals surface area contributed by atoms with Crippen LogP contribution in [0.2, 0.25) is 54.4 Å². The molecule has 0 unspecified atom stereocenters. The Kier molecular flexibility index (Phi) is 14.4. The van der Waals surface area contributed by atoms with Crippen LogP contribution in [0.25, 0.3) is 0 Å². The second kappa shape index (κ2) is 16.0. The molecule has 1 aromatic rings. The van der Waals surface area contributed by atoms with Crippen molar-refractivity contribution in [1.82, 2.24) is 4.90 Å². The molecule has 47 heavy (non-hydrogen) atoms. The highest BCUT2D eigenvalue weighted by molar-refractivity contribution is 6.75. The van der Waals surface area contributed by atoms with Crippen LogP contribution in [0.3, 0.4) is 0 Å². The molecule has 2 rings (SSSR count). The van der Waals surface area contributed by atoms with Crippen LogP contribution in [0.5, 0.6) is 0 Å². The first-order valence-electron chi connectivity index (χ1n) is 18.3. The summed E-state index contributed by atoms with van der Waals surface area (Å²) < 4.78 is 28.6. The molecule has 0 aromatic heterocycles. The van der Waals surface area contributed by atoms with E-state index >= 15 is 0 Å². The molecule has 1 amide bonds. The van der Waals surface area contributed by atoms with Crippen molar-refractivity contribution in [3.05, 3.63) is 35.4 Å². The molecule has 0 aliphatic carbocycles. The number of hydrogen-bond donors (Lipinski definition) is 0. The van der Waals surface area contributed by atoms with Gasteiger partial charge in [-0.3, -0.25) is 4.79 Å². The van der Waals surface area contributed by atoms with E-state index in [9.17, 15) is 4.79 Å². The summed E-state index contributed by atoms with van der Waals surface area (Å²) in [7, 11) is -6.56. The maximum Gasteiger partial charge on any atom is 0.253 e. The van der Waals surface area contributed by atoms with Gasteiger partial charge in [0.05, 0.1) is 6.61 Å². The molecule has 9 heteroatoms. The second-order valence-electron chi connectivity index (χ2n) is 18.5. The predicted molar refractivity (Wildman–Crippen MR) is 207 cm³/mol. The number of nitrogens with zero attached hydrogens (tertiary/aromatic N) is 1. The summed E-state index contributed by atoms with van der Waals surface area (Å²) in [6, 6.07) is 8.13. The molecule has 1 aromatic carbocycles. The van der Waals surface area contributed by atoms with Crippen LogP contribution in [0.4, 0.5) is 0 Å². The van der Waals surface area contributed by atoms with Gasteiger partial charge in [-0.25, -0.2) is 0 Å². The molecule has 272 valence electrons. The molecule has 1 aliphatic heterocycles. The van der Waals surface area contributed by atoms with E-state index in [1.54, 1.807) is 0 Å². The Bertz CT molecular complexity index is 1140. The van der Waals surface area contributed by atoms with E-state index in [0.717, 1.165) is 44.3 Å². The summed E-state index contributed by atoms with van der Waals surface area (Å²) in [4.78, 5) is 16.0. The van der Waals surface area contributed by atoms with Crippen LogP contribution >= 0.6 is 0 Å². The van der Waals surface area contributed by atoms with Gasteiger partial charge >= 0.3 is 0 Å². The SMILES string of the molecule is CCCCN(CCCC)C(=O)c1cccc([C@@H]2O[C@H](CO[Si](C)(C)C(C)(C)C)[C@@H](O[Si](C)(C)C(C)(C)C)[C@H]2O[Si](C)(C)C(C)(C)C)c1. The number of carbonyl (C=O) groups is 1. The summed E-state index contributed by atoms with van der Waals surface area (Å²) in [5, 5.41) is 0.101. The lowest BCUT2D eigenvalue weighted by molar-refractivity contribution is -0.0173. The molecule has 4 atom stereocenters. The number of ether oxygens (including phenoxy) is 1. The number of rotatable bonds is 15. The van der Waals surface area contributed by atoms with Gasteiger partial charge < -0.3 is 22.9 Å². The summed E-state index contributed by atoms with van der Waals surface area (Å²) >= 11 is 0. The minimum Gasteiger partial charge on any atom is -0.414 e. The second-order valence-corrected chi connectivity index (χ2v) is 32.8. The highest BCUT2D eigenvalue weighted by atomic mass is 28.4. The van der Waals surface area contributed by atoms with Crippen molar-refractivity contribution in [2.45, 2.75) is 181 Å². The maximum atomic E-state index is 13.9. The van der Waals surface area contributed by atoms with Gasteiger partial charge in [0.1, 0.15) is 24.4 Å². The Hall–Kier alpha value is -0.819. The summed E-state index contributed by atoms with van der Waals surface area (Å²) in [6.07, 6.45) is 2.86. The number of benzene rings is 1. The third-order valence-corrected chi connectivity index (χ3v) is 25.0. The molecule has 0 saturated carbocycles. The van der Waals surface area contributed by atoms with Crippen molar-refractivity contribution in [3.63, 3.8) is 0 Å². The van der Waals surface area contributed by atoms with E-state index in [-0.39, 0.29) is 45.4 Å². The van der Waals surface area contributed by atoms with Crippen molar-refractivity contribution < 1.29 is 22.8 Å². The van der Waals surface area contributed by atoms with E-state index < -0.39 is 25.0 Å². The number of carbonyl (C=O) groups excluding carboxylic acids is 1. The Morgan fingerprint density at radius 2 is 1.21 bits per heavy atom. The summed E-state index contributed by atoms with van der Waals surface area (Å²) in [6.45, 7) is 40.8. The van der Waals surface area contributed by atoms with E-state index in [1.165, 1.54) is 0 Å². The minimum atomic E-state index is -2.26. The smallest absolute Gasteiger partial charge is 0.253 e. The van der Waals surface area contributed by atoms with Crippen molar-refractivity contribution >= 4 is 30.9 Å². The Balaban J connectivity index is 2.68. The van der Waals surface area contributed by atoms with Crippen molar-refractivity contribution in [2.24, 2.45) is 0 Å². The topological polar surface area (TPSA) is 57.2 Å². The highest BCUT2D eigenvalue weighted by Gasteiger charge is 2.54. The van der Waals surface area contributed by atoms with Crippen LogP contribution in [-0.2, 0) is 18.0 Å². The lowest BCUT2D eigenvalue weighted by atomic mass is 9.99. The Morgan fingerprint density at radius 1 is 0.745 bits per heavy atom. The van der Waals surface area contributed by atoms with Crippen LogP contribution in [0.1, 0.15) is 124 Å². The molecule has 0 spiro atoms. The van der Waals surface area contributed by atoms with Gasteiger partial charge in [0.2, 0.25) is 0 Å². The number of unbranched alkanes of at least 4 members (excludes halogenated alkanes) is 2. The first kappa shape index (κ1) is 42.3. The summed E-state index contributed by atoms with van der Waals surface area (Å²) in [5.41, 5.74) is 1.69. The molecular formula is C38H73NO5Si3. The molecule has 0 bridgehead atoms. The third kappa shape index (κ3) is 10.8. The average Bonchev–Trinajstić information content (AvgIpc) is 3.25. The zero-order chi connectivity index (χ0) is 36.2. The van der Waals surface area contributed by atoms with Gasteiger partial charge in [0.25, 0.3) is 5.91 Å². The number of hydrogen-bond acceptors (Lipinski definition) is 5. The largest absolute Gasteiger partial charge is 0.414 e. The van der Waals surface area contributed by atoms with Gasteiger partial charge in [-0.2, -0.15) is 0 Å². The van der Waals surface area contributed by atoms with Gasteiger partial charge in [-0.15, -0.1) is 0 Å². The first-order chi connectivity index (χ1) is 21.3. The predicted octanol–water partition coefficient (Wildman–Crippen LogP) is 11.0. The number of amides is 1. The molecule has 0 radical (unpaired) electrons. The fourth-order valence-electron chi connectivity index (χ4n) is 4.99. The lowest BCUT2D eigenvalue weighted by Gasteiger charge is -2.44. The van der Waals surface area contributed by atoms with Crippen LogP contribution in [0, 0.1) is 0 Å². The molecule has 6 nitrogen and oxygen atoms in total. The molecule has 0 N–H and O–H groups in total. The van der Waals surface area contributed by atoms with E-state index in [4.69, 9.17) is 18.0 Å². The highest BCUT2D eigenvalue weighted by Crippen LogP contribution is 2.47. The molecule has 1 saturated heterocycles. The van der Waals surface area contributed by atoms with Crippen LogP contribution < -0.4 is 0 Å². The Labute approximate surface area is 293 Å². The van der Waals surface area contributed by atoms with E-state index in [2.05, 4.69) is 128 Å². The molecule has 1 fully saturated rings. The Morgan fingerprint density at radius 3 is 1.66 bits per heavy atom. The van der Waals surface area contributed by atoms with Crippen molar-refractivity contribution in [3.8, 4) is 0 Å². The van der Waals surface area contributed by atoms with Gasteiger partial charge in [-0.1, -0.05) is 101 Å². The monoisotopic (exact) mass is 707 g/mol. The molecule has 1 heterocycles. The standard InChI is InChI=1S/C38H73NO5Si3/c1-18-20-25-39(26-21-19-2)35(40)30-24-22-23-29(27-30)32-34(44-47(16,17)38(9,10)11)33(43-46(14,15)37(6,7)8)31(42-32)28-41-45(12,13)36(3,4)5/h22-24,27,31-34H,18-21,25-26,28H2,1-17H3/t31-,32+,33-,34+/m1/s1. The summed E-state index contributed by atoms with van der Waals surface area (Å²) in [5.74, 6) is 0.0977. The normalized spacial score (nSPS) is 21.7. The quantitative estimate of drug-likeness (QED) is 0.170. The van der Waals surface area contributed by atoms with Crippen LogP contribution in [-0.4, -0.2) is 73.8 Å². The van der Waals surface area contributed by atoms with Crippen LogP contribution in [0.15, 0.2) is 24.3 Å². The van der Waals surface area contributed by atoms with E-state index in [1.807, 2.05) is 17.0 Å². The minimum absolute atomic E-state index is 0.00563. The van der Waals surface area contributed by atoms with Gasteiger partial charge in [0.15, 0.2) is 25.0 Å². The van der Waals surface area contributed by atoms with Crippen molar-refractivity contribution in [1.29, 1.82) is 0 Å². The third-order valence-electron chi connectivity index (χ3n) is 11.5.